The largest absolute Gasteiger partial charge is 0.272 e. The minimum Gasteiger partial charge on any atom is -0.267 e. The molecule has 106 valence electrons. The highest BCUT2D eigenvalue weighted by atomic mass is 127. The van der Waals surface area contributed by atoms with Gasteiger partial charge in [-0.05, 0) is 53.3 Å². The number of allylic oxidation sites excluding steroid dienone is 1. The van der Waals surface area contributed by atoms with Crippen LogP contribution in [0.4, 0.5) is 0 Å². The Bertz CT molecular complexity index is 678. The zero-order valence-electron chi connectivity index (χ0n) is 11.6. The fourth-order valence-corrected chi connectivity index (χ4v) is 2.30. The molecule has 0 saturated carbocycles. The second-order valence-electron chi connectivity index (χ2n) is 4.42. The van der Waals surface area contributed by atoms with Gasteiger partial charge >= 0.3 is 0 Å². The van der Waals surface area contributed by atoms with E-state index in [1.54, 1.807) is 6.07 Å². The molecule has 2 rings (SSSR count). The number of nitrogens with zero attached hydrogens (tertiary/aromatic N) is 1. The highest BCUT2D eigenvalue weighted by Gasteiger charge is 2.07. The maximum absolute atomic E-state index is 12.0. The molecule has 0 atom stereocenters. The number of rotatable bonds is 4. The van der Waals surface area contributed by atoms with Gasteiger partial charge in [-0.1, -0.05) is 48.5 Å². The molecule has 0 fully saturated rings. The van der Waals surface area contributed by atoms with Crippen molar-refractivity contribution in [2.45, 2.75) is 6.92 Å². The van der Waals surface area contributed by atoms with Crippen LogP contribution in [0, 0.1) is 3.57 Å². The molecule has 0 radical (unpaired) electrons. The molecule has 21 heavy (non-hydrogen) atoms. The van der Waals surface area contributed by atoms with Crippen LogP contribution in [0.1, 0.15) is 22.8 Å². The number of hydrazone groups is 1. The van der Waals surface area contributed by atoms with E-state index in [-0.39, 0.29) is 5.91 Å². The average molecular weight is 390 g/mol. The van der Waals surface area contributed by atoms with Crippen molar-refractivity contribution in [1.82, 2.24) is 5.43 Å². The van der Waals surface area contributed by atoms with E-state index in [1.807, 2.05) is 67.6 Å². The Morgan fingerprint density at radius 3 is 2.48 bits per heavy atom. The van der Waals surface area contributed by atoms with Gasteiger partial charge in [0, 0.05) is 3.57 Å². The van der Waals surface area contributed by atoms with Gasteiger partial charge in [0.05, 0.1) is 11.3 Å². The Balaban J connectivity index is 1.99. The second kappa shape index (κ2) is 7.73. The lowest BCUT2D eigenvalue weighted by Gasteiger charge is -2.02. The molecule has 2 aromatic carbocycles. The molecule has 0 spiro atoms. The summed E-state index contributed by atoms with van der Waals surface area (Å²) in [4.78, 5) is 12.0. The zero-order valence-corrected chi connectivity index (χ0v) is 13.7. The predicted molar refractivity (Wildman–Crippen MR) is 95.2 cm³/mol. The van der Waals surface area contributed by atoms with Gasteiger partial charge in [0.25, 0.3) is 5.91 Å². The van der Waals surface area contributed by atoms with Crippen molar-refractivity contribution in [3.8, 4) is 0 Å². The summed E-state index contributed by atoms with van der Waals surface area (Å²) in [5.74, 6) is -0.201. The van der Waals surface area contributed by atoms with Crippen LogP contribution < -0.4 is 5.43 Å². The first-order valence-electron chi connectivity index (χ1n) is 6.49. The Kier molecular flexibility index (Phi) is 5.68. The van der Waals surface area contributed by atoms with Crippen LogP contribution in [0.3, 0.4) is 0 Å². The zero-order chi connectivity index (χ0) is 15.1. The van der Waals surface area contributed by atoms with Gasteiger partial charge in [-0.15, -0.1) is 0 Å². The topological polar surface area (TPSA) is 41.5 Å². The summed E-state index contributed by atoms with van der Waals surface area (Å²) in [6.07, 6.45) is 3.82. The van der Waals surface area contributed by atoms with Crippen LogP contribution in [0.25, 0.3) is 6.08 Å². The van der Waals surface area contributed by atoms with E-state index in [4.69, 9.17) is 0 Å². The van der Waals surface area contributed by atoms with Crippen molar-refractivity contribution in [2.75, 3.05) is 0 Å². The summed E-state index contributed by atoms with van der Waals surface area (Å²) < 4.78 is 0.903. The average Bonchev–Trinajstić information content (AvgIpc) is 2.52. The van der Waals surface area contributed by atoms with Gasteiger partial charge < -0.3 is 0 Å². The maximum atomic E-state index is 12.0. The van der Waals surface area contributed by atoms with Crippen LogP contribution in [-0.2, 0) is 0 Å². The molecule has 1 amide bonds. The van der Waals surface area contributed by atoms with Crippen molar-refractivity contribution >= 4 is 40.3 Å². The number of nitrogens with one attached hydrogen (secondary N) is 1. The summed E-state index contributed by atoms with van der Waals surface area (Å²) in [5, 5.41) is 4.08. The molecule has 4 heteroatoms. The Labute approximate surface area is 137 Å². The normalized spacial score (nSPS) is 11.6. The standard InChI is InChI=1S/C17H15IN2O/c1-13(11-12-14-7-3-2-4-8-14)19-20-17(21)15-9-5-6-10-16(15)18/h2-12H,1H3,(H,20,21). The van der Waals surface area contributed by atoms with Crippen molar-refractivity contribution in [2.24, 2.45) is 5.10 Å². The first kappa shape index (κ1) is 15.4. The van der Waals surface area contributed by atoms with Crippen LogP contribution in [0.5, 0.6) is 0 Å². The molecule has 0 aliphatic heterocycles. The summed E-state index contributed by atoms with van der Waals surface area (Å²) >= 11 is 2.13. The monoisotopic (exact) mass is 390 g/mol. The molecule has 0 heterocycles. The van der Waals surface area contributed by atoms with Crippen LogP contribution in [0.15, 0.2) is 65.8 Å². The molecule has 1 N–H and O–H groups in total. The molecule has 3 nitrogen and oxygen atoms in total. The number of carbonyl (C=O) groups is 1. The van der Waals surface area contributed by atoms with E-state index in [9.17, 15) is 4.79 Å². The SMILES string of the molecule is CC(C=Cc1ccccc1)=NNC(=O)c1ccccc1I. The molecule has 0 aromatic heterocycles. The molecule has 0 aliphatic carbocycles. The predicted octanol–water partition coefficient (Wildman–Crippen LogP) is 4.11. The lowest BCUT2D eigenvalue weighted by atomic mass is 10.2. The summed E-state index contributed by atoms with van der Waals surface area (Å²) in [6.45, 7) is 1.84. The molecule has 0 unspecified atom stereocenters. The molecular formula is C17H15IN2O. The minimum atomic E-state index is -0.201. The van der Waals surface area contributed by atoms with Gasteiger partial charge in [0.2, 0.25) is 0 Å². The van der Waals surface area contributed by atoms with Crippen molar-refractivity contribution < 1.29 is 4.79 Å². The van der Waals surface area contributed by atoms with E-state index in [1.165, 1.54) is 0 Å². The Hall–Kier alpha value is -1.95. The van der Waals surface area contributed by atoms with Crippen molar-refractivity contribution in [3.63, 3.8) is 0 Å². The van der Waals surface area contributed by atoms with E-state index >= 15 is 0 Å². The number of carbonyl (C=O) groups excluding carboxylic acids is 1. The number of amides is 1. The van der Waals surface area contributed by atoms with Crippen molar-refractivity contribution in [3.05, 3.63) is 75.4 Å². The number of hydrogen-bond donors (Lipinski definition) is 1. The maximum Gasteiger partial charge on any atom is 0.272 e. The van der Waals surface area contributed by atoms with Gasteiger partial charge in [-0.3, -0.25) is 4.79 Å². The van der Waals surface area contributed by atoms with Crippen LogP contribution in [-0.4, -0.2) is 11.6 Å². The first-order valence-corrected chi connectivity index (χ1v) is 7.57. The quantitative estimate of drug-likeness (QED) is 0.477. The van der Waals surface area contributed by atoms with Gasteiger partial charge in [-0.2, -0.15) is 5.10 Å². The van der Waals surface area contributed by atoms with Gasteiger partial charge in [-0.25, -0.2) is 5.43 Å². The number of hydrogen-bond acceptors (Lipinski definition) is 2. The minimum absolute atomic E-state index is 0.201. The second-order valence-corrected chi connectivity index (χ2v) is 5.58. The fraction of sp³-hybridized carbons (Fsp3) is 0.0588. The fourth-order valence-electron chi connectivity index (χ4n) is 1.66. The smallest absolute Gasteiger partial charge is 0.267 e. The first-order chi connectivity index (χ1) is 10.2. The molecular weight excluding hydrogens is 375 g/mol. The van der Waals surface area contributed by atoms with Crippen molar-refractivity contribution in [1.29, 1.82) is 0 Å². The number of benzene rings is 2. The van der Waals surface area contributed by atoms with E-state index in [0.717, 1.165) is 14.8 Å². The summed E-state index contributed by atoms with van der Waals surface area (Å²) in [6, 6.07) is 17.3. The van der Waals surface area contributed by atoms with E-state index in [0.29, 0.717) is 5.56 Å². The van der Waals surface area contributed by atoms with E-state index in [2.05, 4.69) is 33.1 Å². The molecule has 0 aliphatic rings. The number of halogens is 1. The third-order valence-electron chi connectivity index (χ3n) is 2.77. The lowest BCUT2D eigenvalue weighted by Crippen LogP contribution is -2.19. The third-order valence-corrected chi connectivity index (χ3v) is 3.71. The Morgan fingerprint density at radius 1 is 1.10 bits per heavy atom. The third kappa shape index (κ3) is 4.82. The van der Waals surface area contributed by atoms with Gasteiger partial charge in [0.15, 0.2) is 0 Å². The van der Waals surface area contributed by atoms with Crippen LogP contribution in [0.2, 0.25) is 0 Å². The van der Waals surface area contributed by atoms with E-state index < -0.39 is 0 Å². The Morgan fingerprint density at radius 2 is 1.76 bits per heavy atom. The molecule has 0 saturated heterocycles. The van der Waals surface area contributed by atoms with Crippen LogP contribution >= 0.6 is 22.6 Å². The summed E-state index contributed by atoms with van der Waals surface area (Å²) in [7, 11) is 0. The summed E-state index contributed by atoms with van der Waals surface area (Å²) in [5.41, 5.74) is 5.02. The molecule has 0 bridgehead atoms. The van der Waals surface area contributed by atoms with Gasteiger partial charge in [0.1, 0.15) is 0 Å². The lowest BCUT2D eigenvalue weighted by molar-refractivity contribution is 0.0954. The highest BCUT2D eigenvalue weighted by Crippen LogP contribution is 2.10. The molecule has 2 aromatic rings. The highest BCUT2D eigenvalue weighted by molar-refractivity contribution is 14.1.